The summed E-state index contributed by atoms with van der Waals surface area (Å²) in [7, 11) is 3.15. The zero-order chi connectivity index (χ0) is 18.5. The molecule has 3 rings (SSSR count). The van der Waals surface area contributed by atoms with Crippen molar-refractivity contribution >= 4 is 11.6 Å². The van der Waals surface area contributed by atoms with Crippen molar-refractivity contribution in [2.75, 3.05) is 19.5 Å². The summed E-state index contributed by atoms with van der Waals surface area (Å²) < 4.78 is 10.7. The highest BCUT2D eigenvalue weighted by Gasteiger charge is 2.20. The van der Waals surface area contributed by atoms with E-state index in [4.69, 9.17) is 9.47 Å². The van der Waals surface area contributed by atoms with Gasteiger partial charge in [0.2, 0.25) is 0 Å². The Morgan fingerprint density at radius 2 is 1.69 bits per heavy atom. The molecule has 0 saturated carbocycles. The van der Waals surface area contributed by atoms with Crippen molar-refractivity contribution in [1.29, 1.82) is 0 Å². The molecular weight excluding hydrogens is 330 g/mol. The van der Waals surface area contributed by atoms with Crippen LogP contribution >= 0.6 is 0 Å². The van der Waals surface area contributed by atoms with Crippen molar-refractivity contribution in [2.45, 2.75) is 13.3 Å². The number of rotatable bonds is 6. The number of aromatic nitrogens is 2. The maximum Gasteiger partial charge on any atom is 0.259 e. The minimum absolute atomic E-state index is 0.255. The fourth-order valence-electron chi connectivity index (χ4n) is 2.82. The molecule has 0 atom stereocenters. The highest BCUT2D eigenvalue weighted by Crippen LogP contribution is 2.35. The maximum atomic E-state index is 12.8. The Labute approximate surface area is 152 Å². The molecule has 0 aliphatic rings. The standard InChI is InChI=1S/C20H21N3O3/c1-4-15-19(21-20(24)14-10-6-8-12-17(14)26-3)18(23-22-15)13-9-5-7-11-16(13)25-2/h5-12H,4H2,1-3H3,(H,21,24)(H,22,23). The van der Waals surface area contributed by atoms with Gasteiger partial charge in [-0.15, -0.1) is 0 Å². The van der Waals surface area contributed by atoms with E-state index in [1.165, 1.54) is 0 Å². The Balaban J connectivity index is 2.02. The summed E-state index contributed by atoms with van der Waals surface area (Å²) in [4.78, 5) is 12.8. The smallest absolute Gasteiger partial charge is 0.259 e. The van der Waals surface area contributed by atoms with E-state index in [0.717, 1.165) is 11.3 Å². The lowest BCUT2D eigenvalue weighted by molar-refractivity contribution is 0.102. The van der Waals surface area contributed by atoms with Gasteiger partial charge in [0.1, 0.15) is 17.2 Å². The van der Waals surface area contributed by atoms with Gasteiger partial charge in [-0.25, -0.2) is 0 Å². The van der Waals surface area contributed by atoms with Gasteiger partial charge in [-0.3, -0.25) is 9.89 Å². The number of nitrogens with zero attached hydrogens (tertiary/aromatic N) is 1. The van der Waals surface area contributed by atoms with Gasteiger partial charge in [0, 0.05) is 5.56 Å². The minimum Gasteiger partial charge on any atom is -0.496 e. The van der Waals surface area contributed by atoms with E-state index < -0.39 is 0 Å². The van der Waals surface area contributed by atoms with E-state index in [-0.39, 0.29) is 5.91 Å². The van der Waals surface area contributed by atoms with Crippen molar-refractivity contribution in [3.8, 4) is 22.8 Å². The molecule has 2 N–H and O–H groups in total. The zero-order valence-corrected chi connectivity index (χ0v) is 15.0. The van der Waals surface area contributed by atoms with Gasteiger partial charge in [-0.2, -0.15) is 5.10 Å². The van der Waals surface area contributed by atoms with Gasteiger partial charge >= 0.3 is 0 Å². The third kappa shape index (κ3) is 3.26. The largest absolute Gasteiger partial charge is 0.496 e. The van der Waals surface area contributed by atoms with Crippen LogP contribution in [0, 0.1) is 0 Å². The predicted molar refractivity (Wildman–Crippen MR) is 101 cm³/mol. The second-order valence-electron chi connectivity index (χ2n) is 5.63. The first kappa shape index (κ1) is 17.5. The molecule has 1 amide bonds. The van der Waals surface area contributed by atoms with E-state index in [2.05, 4.69) is 15.5 Å². The molecule has 26 heavy (non-hydrogen) atoms. The number of benzene rings is 2. The Hall–Kier alpha value is -3.28. The van der Waals surface area contributed by atoms with E-state index in [1.54, 1.807) is 32.4 Å². The molecule has 0 bridgehead atoms. The van der Waals surface area contributed by atoms with Gasteiger partial charge in [0.15, 0.2) is 0 Å². The lowest BCUT2D eigenvalue weighted by atomic mass is 10.1. The molecule has 3 aromatic rings. The number of para-hydroxylation sites is 2. The van der Waals surface area contributed by atoms with Crippen LogP contribution in [-0.4, -0.2) is 30.3 Å². The van der Waals surface area contributed by atoms with Crippen molar-refractivity contribution in [3.05, 3.63) is 59.8 Å². The monoisotopic (exact) mass is 351 g/mol. The molecule has 0 fully saturated rings. The summed E-state index contributed by atoms with van der Waals surface area (Å²) in [6.07, 6.45) is 0.698. The lowest BCUT2D eigenvalue weighted by Gasteiger charge is -2.12. The number of carbonyl (C=O) groups excluding carboxylic acids is 1. The Bertz CT molecular complexity index is 918. The first-order chi connectivity index (χ1) is 12.7. The van der Waals surface area contributed by atoms with Crippen molar-refractivity contribution in [2.24, 2.45) is 0 Å². The fourth-order valence-corrected chi connectivity index (χ4v) is 2.82. The van der Waals surface area contributed by atoms with Crippen LogP contribution in [0.25, 0.3) is 11.3 Å². The number of hydrogen-bond donors (Lipinski definition) is 2. The van der Waals surface area contributed by atoms with Crippen LogP contribution in [0.1, 0.15) is 23.0 Å². The maximum absolute atomic E-state index is 12.8. The van der Waals surface area contributed by atoms with Crippen molar-refractivity contribution in [1.82, 2.24) is 10.2 Å². The predicted octanol–water partition coefficient (Wildman–Crippen LogP) is 3.91. The molecule has 1 heterocycles. The Morgan fingerprint density at radius 3 is 2.38 bits per heavy atom. The summed E-state index contributed by atoms with van der Waals surface area (Å²) >= 11 is 0. The third-order valence-corrected chi connectivity index (χ3v) is 4.15. The highest BCUT2D eigenvalue weighted by molar-refractivity contribution is 6.08. The van der Waals surface area contributed by atoms with Crippen LogP contribution in [0.4, 0.5) is 5.69 Å². The van der Waals surface area contributed by atoms with Gasteiger partial charge in [0.05, 0.1) is 31.2 Å². The van der Waals surface area contributed by atoms with Gasteiger partial charge in [-0.1, -0.05) is 31.2 Å². The Kier molecular flexibility index (Phi) is 5.22. The number of amides is 1. The van der Waals surface area contributed by atoms with Gasteiger partial charge < -0.3 is 14.8 Å². The quantitative estimate of drug-likeness (QED) is 0.706. The van der Waals surface area contributed by atoms with Gasteiger partial charge in [-0.05, 0) is 30.7 Å². The summed E-state index contributed by atoms with van der Waals surface area (Å²) in [5, 5.41) is 10.4. The molecular formula is C20H21N3O3. The highest BCUT2D eigenvalue weighted by atomic mass is 16.5. The minimum atomic E-state index is -0.255. The number of nitrogens with one attached hydrogen (secondary N) is 2. The average molecular weight is 351 g/mol. The van der Waals surface area contributed by atoms with E-state index in [0.29, 0.717) is 34.9 Å². The number of H-pyrrole nitrogens is 1. The number of ether oxygens (including phenoxy) is 2. The first-order valence-electron chi connectivity index (χ1n) is 8.34. The molecule has 0 saturated heterocycles. The number of hydrogen-bond acceptors (Lipinski definition) is 4. The number of carbonyl (C=O) groups is 1. The summed E-state index contributed by atoms with van der Waals surface area (Å²) in [5.74, 6) is 0.953. The molecule has 2 aromatic carbocycles. The fraction of sp³-hybridized carbons (Fsp3) is 0.200. The third-order valence-electron chi connectivity index (χ3n) is 4.15. The molecule has 134 valence electrons. The summed E-state index contributed by atoms with van der Waals surface area (Å²) in [6, 6.07) is 14.7. The zero-order valence-electron chi connectivity index (χ0n) is 15.0. The molecule has 0 radical (unpaired) electrons. The second kappa shape index (κ2) is 7.74. The van der Waals surface area contributed by atoms with Crippen LogP contribution < -0.4 is 14.8 Å². The van der Waals surface area contributed by atoms with E-state index >= 15 is 0 Å². The van der Waals surface area contributed by atoms with E-state index in [9.17, 15) is 4.79 Å². The molecule has 0 aliphatic carbocycles. The van der Waals surface area contributed by atoms with Gasteiger partial charge in [0.25, 0.3) is 5.91 Å². The molecule has 1 aromatic heterocycles. The van der Waals surface area contributed by atoms with E-state index in [1.807, 2.05) is 37.3 Å². The SMILES string of the molecule is CCc1[nH]nc(-c2ccccc2OC)c1NC(=O)c1ccccc1OC. The van der Waals surface area contributed by atoms with Crippen molar-refractivity contribution < 1.29 is 14.3 Å². The number of anilines is 1. The molecule has 0 unspecified atom stereocenters. The number of aryl methyl sites for hydroxylation is 1. The molecule has 0 aliphatic heterocycles. The molecule has 0 spiro atoms. The normalized spacial score (nSPS) is 10.4. The van der Waals surface area contributed by atoms with Crippen LogP contribution in [-0.2, 0) is 6.42 Å². The van der Waals surface area contributed by atoms with Crippen molar-refractivity contribution in [3.63, 3.8) is 0 Å². The molecule has 6 nitrogen and oxygen atoms in total. The lowest BCUT2D eigenvalue weighted by Crippen LogP contribution is -2.14. The van der Waals surface area contributed by atoms with Crippen LogP contribution in [0.2, 0.25) is 0 Å². The molecule has 6 heteroatoms. The van der Waals surface area contributed by atoms with Crippen LogP contribution in [0.15, 0.2) is 48.5 Å². The first-order valence-corrected chi connectivity index (χ1v) is 8.34. The van der Waals surface area contributed by atoms with Crippen LogP contribution in [0.3, 0.4) is 0 Å². The summed E-state index contributed by atoms with van der Waals surface area (Å²) in [5.41, 5.74) is 3.40. The number of aromatic amines is 1. The number of methoxy groups -OCH3 is 2. The summed E-state index contributed by atoms with van der Waals surface area (Å²) in [6.45, 7) is 2.00. The Morgan fingerprint density at radius 1 is 1.04 bits per heavy atom. The average Bonchev–Trinajstić information content (AvgIpc) is 3.10. The van der Waals surface area contributed by atoms with Crippen LogP contribution in [0.5, 0.6) is 11.5 Å². The topological polar surface area (TPSA) is 76.2 Å². The second-order valence-corrected chi connectivity index (χ2v) is 5.63.